The fraction of sp³-hybridized carbons (Fsp3) is 0.263. The number of hydrogen-bond acceptors (Lipinski definition) is 7. The van der Waals surface area contributed by atoms with Crippen LogP contribution in [-0.2, 0) is 4.79 Å². The van der Waals surface area contributed by atoms with Crippen molar-refractivity contribution < 1.29 is 14.7 Å². The van der Waals surface area contributed by atoms with E-state index in [9.17, 15) is 9.59 Å². The first kappa shape index (κ1) is 23.9. The van der Waals surface area contributed by atoms with Crippen molar-refractivity contribution >= 4 is 101 Å². The van der Waals surface area contributed by atoms with Crippen LogP contribution in [-0.4, -0.2) is 40.0 Å². The molecule has 1 aliphatic rings. The zero-order chi connectivity index (χ0) is 23.0. The van der Waals surface area contributed by atoms with Gasteiger partial charge in [-0.1, -0.05) is 34.5 Å². The average molecular weight is 641 g/mol. The van der Waals surface area contributed by atoms with E-state index in [1.165, 1.54) is 28.9 Å². The van der Waals surface area contributed by atoms with Crippen LogP contribution < -0.4 is 10.2 Å². The molecule has 0 bridgehead atoms. The Balaban J connectivity index is 1.46. The van der Waals surface area contributed by atoms with Crippen LogP contribution in [0.3, 0.4) is 0 Å². The Hall–Kier alpha value is -1.24. The number of nitrogens with zero attached hydrogens (tertiary/aromatic N) is 3. The zero-order valence-electron chi connectivity index (χ0n) is 16.1. The molecule has 0 unspecified atom stereocenters. The van der Waals surface area contributed by atoms with Gasteiger partial charge in [0.15, 0.2) is 5.13 Å². The van der Waals surface area contributed by atoms with Gasteiger partial charge in [0.05, 0.1) is 30.2 Å². The molecule has 4 heterocycles. The first-order valence-electron chi connectivity index (χ1n) is 9.29. The van der Waals surface area contributed by atoms with E-state index in [4.69, 9.17) is 28.3 Å². The quantitative estimate of drug-likeness (QED) is 0.324. The Kier molecular flexibility index (Phi) is 7.43. The average Bonchev–Trinajstić information content (AvgIpc) is 3.29. The SMILES string of the molecule is O=C(Nc1nc(-c2cc(Cl)c(Br)s2)c(Br)s1)c1cnc(N2CCC(C(=O)O)CC2)c(Cl)c1. The molecule has 32 heavy (non-hydrogen) atoms. The summed E-state index contributed by atoms with van der Waals surface area (Å²) in [4.78, 5) is 35.5. The molecule has 0 aliphatic carbocycles. The third kappa shape index (κ3) is 5.13. The lowest BCUT2D eigenvalue weighted by molar-refractivity contribution is -0.142. The Morgan fingerprint density at radius 3 is 2.44 bits per heavy atom. The van der Waals surface area contributed by atoms with Gasteiger partial charge in [-0.15, -0.1) is 11.3 Å². The third-order valence-electron chi connectivity index (χ3n) is 4.91. The second kappa shape index (κ2) is 9.94. The number of carboxylic acid groups (broad SMARTS) is 1. The van der Waals surface area contributed by atoms with Gasteiger partial charge in [-0.2, -0.15) is 0 Å². The van der Waals surface area contributed by atoms with Crippen molar-refractivity contribution in [2.45, 2.75) is 12.8 Å². The van der Waals surface area contributed by atoms with Crippen LogP contribution in [0, 0.1) is 5.92 Å². The molecule has 3 aromatic rings. The number of pyridine rings is 1. The normalized spacial score (nSPS) is 14.6. The first-order chi connectivity index (χ1) is 15.2. The van der Waals surface area contributed by atoms with Crippen LogP contribution in [0.4, 0.5) is 10.9 Å². The molecule has 1 fully saturated rings. The maximum Gasteiger partial charge on any atom is 0.306 e. The Labute approximate surface area is 218 Å². The summed E-state index contributed by atoms with van der Waals surface area (Å²) in [5.74, 6) is -0.952. The highest BCUT2D eigenvalue weighted by atomic mass is 79.9. The number of halogens is 4. The van der Waals surface area contributed by atoms with E-state index in [0.29, 0.717) is 58.2 Å². The van der Waals surface area contributed by atoms with Crippen LogP contribution >= 0.6 is 77.7 Å². The molecule has 0 aromatic carbocycles. The maximum absolute atomic E-state index is 12.7. The van der Waals surface area contributed by atoms with Crippen molar-refractivity contribution in [1.82, 2.24) is 9.97 Å². The van der Waals surface area contributed by atoms with Gasteiger partial charge < -0.3 is 10.0 Å². The molecule has 0 radical (unpaired) electrons. The number of thiophene rings is 1. The number of amides is 1. The number of rotatable bonds is 5. The second-order valence-electron chi connectivity index (χ2n) is 6.96. The van der Waals surface area contributed by atoms with E-state index in [1.807, 2.05) is 11.0 Å². The van der Waals surface area contributed by atoms with Gasteiger partial charge in [0.1, 0.15) is 15.3 Å². The smallest absolute Gasteiger partial charge is 0.306 e. The van der Waals surface area contributed by atoms with Crippen LogP contribution in [0.2, 0.25) is 10.0 Å². The lowest BCUT2D eigenvalue weighted by atomic mass is 9.97. The summed E-state index contributed by atoms with van der Waals surface area (Å²) in [6.45, 7) is 1.10. The number of hydrogen-bond donors (Lipinski definition) is 2. The molecule has 0 spiro atoms. The van der Waals surface area contributed by atoms with E-state index in [0.717, 1.165) is 12.4 Å². The van der Waals surface area contributed by atoms with E-state index in [1.54, 1.807) is 6.07 Å². The van der Waals surface area contributed by atoms with Gasteiger partial charge in [0, 0.05) is 19.3 Å². The predicted molar refractivity (Wildman–Crippen MR) is 136 cm³/mol. The highest BCUT2D eigenvalue weighted by Crippen LogP contribution is 2.43. The molecule has 13 heteroatoms. The largest absolute Gasteiger partial charge is 0.481 e. The topological polar surface area (TPSA) is 95.4 Å². The van der Waals surface area contributed by atoms with Gasteiger partial charge in [0.2, 0.25) is 0 Å². The minimum absolute atomic E-state index is 0.300. The van der Waals surface area contributed by atoms with Gasteiger partial charge in [0.25, 0.3) is 5.91 Å². The molecule has 7 nitrogen and oxygen atoms in total. The summed E-state index contributed by atoms with van der Waals surface area (Å²) in [5.41, 5.74) is 0.994. The van der Waals surface area contributed by atoms with E-state index in [2.05, 4.69) is 47.1 Å². The Morgan fingerprint density at radius 1 is 1.12 bits per heavy atom. The number of nitrogens with one attached hydrogen (secondary N) is 1. The van der Waals surface area contributed by atoms with Crippen molar-refractivity contribution in [2.24, 2.45) is 5.92 Å². The Bertz CT molecular complexity index is 1180. The lowest BCUT2D eigenvalue weighted by Crippen LogP contribution is -2.37. The molecule has 168 valence electrons. The molecule has 3 aromatic heterocycles. The van der Waals surface area contributed by atoms with Crippen molar-refractivity contribution in [1.29, 1.82) is 0 Å². The number of carboxylic acids is 1. The molecule has 1 amide bonds. The van der Waals surface area contributed by atoms with E-state index >= 15 is 0 Å². The summed E-state index contributed by atoms with van der Waals surface area (Å²) >= 11 is 22.1. The number of aromatic nitrogens is 2. The maximum atomic E-state index is 12.7. The second-order valence-corrected chi connectivity index (χ2v) is 12.5. The minimum Gasteiger partial charge on any atom is -0.481 e. The number of carbonyl (C=O) groups is 2. The number of anilines is 2. The predicted octanol–water partition coefficient (Wildman–Crippen LogP) is 6.65. The zero-order valence-corrected chi connectivity index (χ0v) is 22.4. The Morgan fingerprint density at radius 2 is 1.84 bits per heavy atom. The molecule has 4 rings (SSSR count). The minimum atomic E-state index is -0.775. The van der Waals surface area contributed by atoms with Gasteiger partial charge >= 0.3 is 5.97 Å². The summed E-state index contributed by atoms with van der Waals surface area (Å²) in [7, 11) is 0. The highest BCUT2D eigenvalue weighted by Gasteiger charge is 2.26. The summed E-state index contributed by atoms with van der Waals surface area (Å²) in [5, 5.41) is 13.3. The molecule has 0 saturated carbocycles. The number of thiazole rings is 1. The van der Waals surface area contributed by atoms with E-state index < -0.39 is 5.97 Å². The van der Waals surface area contributed by atoms with Crippen molar-refractivity contribution in [3.63, 3.8) is 0 Å². The van der Waals surface area contributed by atoms with Crippen LogP contribution in [0.1, 0.15) is 23.2 Å². The molecule has 1 saturated heterocycles. The lowest BCUT2D eigenvalue weighted by Gasteiger charge is -2.31. The van der Waals surface area contributed by atoms with Crippen molar-refractivity contribution in [2.75, 3.05) is 23.3 Å². The third-order valence-corrected chi connectivity index (χ3v) is 9.29. The van der Waals surface area contributed by atoms with Gasteiger partial charge in [-0.25, -0.2) is 9.97 Å². The molecule has 1 aliphatic heterocycles. The number of aliphatic carboxylic acids is 1. The highest BCUT2D eigenvalue weighted by molar-refractivity contribution is 9.11. The molecular weight excluding hydrogens is 627 g/mol. The first-order valence-corrected chi connectivity index (χ1v) is 13.3. The molecule has 2 N–H and O–H groups in total. The number of piperidine rings is 1. The van der Waals surface area contributed by atoms with Crippen molar-refractivity contribution in [3.05, 3.63) is 41.5 Å². The fourth-order valence-electron chi connectivity index (χ4n) is 3.27. The number of carbonyl (C=O) groups excluding carboxylic acids is 1. The summed E-state index contributed by atoms with van der Waals surface area (Å²) in [6.07, 6.45) is 2.52. The molecule has 0 atom stereocenters. The summed E-state index contributed by atoms with van der Waals surface area (Å²) in [6, 6.07) is 3.37. The summed E-state index contributed by atoms with van der Waals surface area (Å²) < 4.78 is 1.59. The van der Waals surface area contributed by atoms with Gasteiger partial charge in [-0.05, 0) is 56.8 Å². The fourth-order valence-corrected chi connectivity index (χ4v) is 6.91. The van der Waals surface area contributed by atoms with Gasteiger partial charge in [-0.3, -0.25) is 14.9 Å². The van der Waals surface area contributed by atoms with E-state index in [-0.39, 0.29) is 11.8 Å². The van der Waals surface area contributed by atoms with Crippen LogP contribution in [0.25, 0.3) is 10.6 Å². The van der Waals surface area contributed by atoms with Crippen LogP contribution in [0.15, 0.2) is 25.9 Å². The van der Waals surface area contributed by atoms with Crippen LogP contribution in [0.5, 0.6) is 0 Å². The van der Waals surface area contributed by atoms with Crippen molar-refractivity contribution in [3.8, 4) is 10.6 Å². The standard InChI is InChI=1S/C19H14Br2Cl2N4O3S2/c20-14-10(22)6-12(31-14)13-15(21)32-19(25-13)26-17(28)9-5-11(23)16(24-7-9)27-3-1-8(2-4-27)18(29)30/h5-8H,1-4H2,(H,29,30)(H,25,26,28). The molecular formula is C19H14Br2Cl2N4O3S2. The monoisotopic (exact) mass is 638 g/mol.